The Kier molecular flexibility index (Phi) is 6.55. The summed E-state index contributed by atoms with van der Waals surface area (Å²) in [7, 11) is 1.50. The average molecular weight is 430 g/mol. The first-order valence-corrected chi connectivity index (χ1v) is 10.9. The van der Waals surface area contributed by atoms with Gasteiger partial charge in [-0.25, -0.2) is 9.59 Å². The van der Waals surface area contributed by atoms with Crippen LogP contribution in [0, 0.1) is 0 Å². The number of fused-ring (bicyclic) bond motifs is 3. The van der Waals surface area contributed by atoms with Crippen molar-refractivity contribution < 1.29 is 19.4 Å². The minimum Gasteiger partial charge on any atom is -0.480 e. The number of hydrogen-bond acceptors (Lipinski definition) is 3. The van der Waals surface area contributed by atoms with Crippen LogP contribution in [-0.2, 0) is 16.0 Å². The van der Waals surface area contributed by atoms with Crippen LogP contribution in [-0.4, -0.2) is 41.8 Å². The second kappa shape index (κ2) is 9.69. The van der Waals surface area contributed by atoms with Crippen LogP contribution in [0.1, 0.15) is 35.4 Å². The standard InChI is InChI=1S/C27H27NO4/c1-28(25(26(29)30)17-9-12-19-10-3-2-4-11-19)27(31)32-18-24-22-15-7-5-13-20(22)21-14-6-8-16-23(21)24/h2-8,10-11,13-16,24-25H,9,12,17-18H2,1H3,(H,29,30). The molecule has 3 aromatic carbocycles. The van der Waals surface area contributed by atoms with Crippen molar-refractivity contribution in [3.8, 4) is 11.1 Å². The molecule has 1 unspecified atom stereocenters. The molecule has 164 valence electrons. The molecule has 0 radical (unpaired) electrons. The van der Waals surface area contributed by atoms with Gasteiger partial charge in [0.2, 0.25) is 0 Å². The summed E-state index contributed by atoms with van der Waals surface area (Å²) in [5.41, 5.74) is 5.72. The summed E-state index contributed by atoms with van der Waals surface area (Å²) >= 11 is 0. The number of amides is 1. The highest BCUT2D eigenvalue weighted by atomic mass is 16.6. The fraction of sp³-hybridized carbons (Fsp3) is 0.259. The summed E-state index contributed by atoms with van der Waals surface area (Å²) in [5, 5.41) is 9.68. The Balaban J connectivity index is 1.39. The molecule has 0 spiro atoms. The Bertz CT molecular complexity index is 1050. The molecule has 0 saturated carbocycles. The zero-order valence-corrected chi connectivity index (χ0v) is 18.1. The molecule has 0 bridgehead atoms. The minimum absolute atomic E-state index is 0.0545. The normalized spacial score (nSPS) is 13.2. The van der Waals surface area contributed by atoms with E-state index in [1.165, 1.54) is 11.9 Å². The average Bonchev–Trinajstić information content (AvgIpc) is 3.14. The molecule has 0 fully saturated rings. The van der Waals surface area contributed by atoms with E-state index in [9.17, 15) is 14.7 Å². The lowest BCUT2D eigenvalue weighted by Gasteiger charge is -2.25. The number of aliphatic carboxylic acids is 1. The van der Waals surface area contributed by atoms with Crippen LogP contribution in [0.4, 0.5) is 4.79 Å². The van der Waals surface area contributed by atoms with Gasteiger partial charge in [0.1, 0.15) is 12.6 Å². The summed E-state index contributed by atoms with van der Waals surface area (Å²) < 4.78 is 5.62. The maximum atomic E-state index is 12.7. The molecule has 1 aliphatic rings. The van der Waals surface area contributed by atoms with Crippen LogP contribution < -0.4 is 0 Å². The lowest BCUT2D eigenvalue weighted by Crippen LogP contribution is -2.43. The Hall–Kier alpha value is -3.60. The molecule has 4 rings (SSSR count). The molecular weight excluding hydrogens is 402 g/mol. The fourth-order valence-corrected chi connectivity index (χ4v) is 4.45. The van der Waals surface area contributed by atoms with Crippen LogP contribution >= 0.6 is 0 Å². The lowest BCUT2D eigenvalue weighted by molar-refractivity contribution is -0.142. The molecule has 0 heterocycles. The van der Waals surface area contributed by atoms with E-state index >= 15 is 0 Å². The smallest absolute Gasteiger partial charge is 0.410 e. The molecule has 5 nitrogen and oxygen atoms in total. The lowest BCUT2D eigenvalue weighted by atomic mass is 9.98. The minimum atomic E-state index is -1.02. The zero-order valence-electron chi connectivity index (χ0n) is 18.1. The van der Waals surface area contributed by atoms with E-state index in [1.54, 1.807) is 0 Å². The summed E-state index contributed by atoms with van der Waals surface area (Å²) in [5.74, 6) is -1.07. The Morgan fingerprint density at radius 3 is 2.06 bits per heavy atom. The second-order valence-corrected chi connectivity index (χ2v) is 8.15. The number of carboxylic acids is 1. The van der Waals surface area contributed by atoms with Crippen LogP contribution in [0.5, 0.6) is 0 Å². The maximum absolute atomic E-state index is 12.7. The zero-order chi connectivity index (χ0) is 22.5. The highest BCUT2D eigenvalue weighted by Gasteiger charge is 2.31. The van der Waals surface area contributed by atoms with E-state index in [0.29, 0.717) is 12.8 Å². The highest BCUT2D eigenvalue weighted by Crippen LogP contribution is 2.44. The highest BCUT2D eigenvalue weighted by molar-refractivity contribution is 5.81. The summed E-state index contributed by atoms with van der Waals surface area (Å²) in [4.78, 5) is 25.8. The van der Waals surface area contributed by atoms with Crippen molar-refractivity contribution in [2.45, 2.75) is 31.2 Å². The first-order valence-electron chi connectivity index (χ1n) is 10.9. The third kappa shape index (κ3) is 4.52. The summed E-state index contributed by atoms with van der Waals surface area (Å²) in [6, 6.07) is 25.2. The largest absolute Gasteiger partial charge is 0.480 e. The predicted molar refractivity (Wildman–Crippen MR) is 124 cm³/mol. The van der Waals surface area contributed by atoms with E-state index in [2.05, 4.69) is 24.3 Å². The van der Waals surface area contributed by atoms with Gasteiger partial charge in [0.25, 0.3) is 0 Å². The van der Waals surface area contributed by atoms with Gasteiger partial charge in [-0.05, 0) is 47.1 Å². The van der Waals surface area contributed by atoms with Crippen LogP contribution in [0.2, 0.25) is 0 Å². The Morgan fingerprint density at radius 2 is 1.47 bits per heavy atom. The van der Waals surface area contributed by atoms with E-state index in [1.807, 2.05) is 54.6 Å². The van der Waals surface area contributed by atoms with Gasteiger partial charge in [-0.3, -0.25) is 4.90 Å². The molecule has 0 aliphatic heterocycles. The molecule has 0 aromatic heterocycles. The van der Waals surface area contributed by atoms with E-state index in [4.69, 9.17) is 4.74 Å². The molecule has 32 heavy (non-hydrogen) atoms. The van der Waals surface area contributed by atoms with Gasteiger partial charge in [0, 0.05) is 13.0 Å². The number of hydrogen-bond donors (Lipinski definition) is 1. The molecule has 0 saturated heterocycles. The molecule has 3 aromatic rings. The number of carbonyl (C=O) groups is 2. The number of likely N-dealkylation sites (N-methyl/N-ethyl adjacent to an activating group) is 1. The van der Waals surface area contributed by atoms with Gasteiger partial charge in [0.15, 0.2) is 0 Å². The first-order chi connectivity index (χ1) is 15.6. The summed E-state index contributed by atoms with van der Waals surface area (Å²) in [6.07, 6.45) is 1.19. The third-order valence-electron chi connectivity index (χ3n) is 6.16. The number of carboxylic acid groups (broad SMARTS) is 1. The molecule has 1 aliphatic carbocycles. The maximum Gasteiger partial charge on any atom is 0.410 e. The van der Waals surface area contributed by atoms with Crippen LogP contribution in [0.15, 0.2) is 78.9 Å². The number of ether oxygens (including phenoxy) is 1. The summed E-state index contributed by atoms with van der Waals surface area (Å²) in [6.45, 7) is 0.174. The van der Waals surface area contributed by atoms with Crippen LogP contribution in [0.3, 0.4) is 0 Å². The molecule has 1 atom stereocenters. The predicted octanol–water partition coefficient (Wildman–Crippen LogP) is 5.34. The number of nitrogens with zero attached hydrogens (tertiary/aromatic N) is 1. The van der Waals surface area contributed by atoms with Crippen molar-refractivity contribution >= 4 is 12.1 Å². The third-order valence-corrected chi connectivity index (χ3v) is 6.16. The second-order valence-electron chi connectivity index (χ2n) is 8.15. The first kappa shape index (κ1) is 21.6. The van der Waals surface area contributed by atoms with Crippen molar-refractivity contribution in [2.75, 3.05) is 13.7 Å². The molecule has 5 heteroatoms. The van der Waals surface area contributed by atoms with Gasteiger partial charge < -0.3 is 9.84 Å². The van der Waals surface area contributed by atoms with Gasteiger partial charge in [0.05, 0.1) is 0 Å². The van der Waals surface area contributed by atoms with Gasteiger partial charge >= 0.3 is 12.1 Å². The molecular formula is C27H27NO4. The number of rotatable bonds is 8. The van der Waals surface area contributed by atoms with E-state index in [-0.39, 0.29) is 12.5 Å². The number of aryl methyl sites for hydroxylation is 1. The van der Waals surface area contributed by atoms with E-state index < -0.39 is 18.1 Å². The van der Waals surface area contributed by atoms with Crippen molar-refractivity contribution in [3.05, 3.63) is 95.6 Å². The van der Waals surface area contributed by atoms with Crippen LogP contribution in [0.25, 0.3) is 11.1 Å². The SMILES string of the molecule is CN(C(=O)OCC1c2ccccc2-c2ccccc21)C(CCCc1ccccc1)C(=O)O. The van der Waals surface area contributed by atoms with Crippen molar-refractivity contribution in [1.29, 1.82) is 0 Å². The quantitative estimate of drug-likeness (QED) is 0.525. The van der Waals surface area contributed by atoms with Gasteiger partial charge in [-0.15, -0.1) is 0 Å². The topological polar surface area (TPSA) is 66.8 Å². The van der Waals surface area contributed by atoms with Gasteiger partial charge in [-0.1, -0.05) is 78.9 Å². The van der Waals surface area contributed by atoms with Gasteiger partial charge in [-0.2, -0.15) is 0 Å². The number of carbonyl (C=O) groups excluding carboxylic acids is 1. The van der Waals surface area contributed by atoms with E-state index in [0.717, 1.165) is 34.2 Å². The van der Waals surface area contributed by atoms with Crippen molar-refractivity contribution in [1.82, 2.24) is 4.90 Å². The molecule has 1 N–H and O–H groups in total. The monoisotopic (exact) mass is 429 g/mol. The Morgan fingerprint density at radius 1 is 0.906 bits per heavy atom. The van der Waals surface area contributed by atoms with Crippen molar-refractivity contribution in [3.63, 3.8) is 0 Å². The Labute approximate surface area is 188 Å². The molecule has 1 amide bonds. The van der Waals surface area contributed by atoms with Crippen molar-refractivity contribution in [2.24, 2.45) is 0 Å². The number of benzene rings is 3. The fourth-order valence-electron chi connectivity index (χ4n) is 4.45.